The SMILES string of the molecule is Cc1cc(NC(=O)CN2CCC[C@@H]2c2ccccc2)no1. The summed E-state index contributed by atoms with van der Waals surface area (Å²) in [5.41, 5.74) is 1.28. The summed E-state index contributed by atoms with van der Waals surface area (Å²) >= 11 is 0. The molecule has 0 radical (unpaired) electrons. The van der Waals surface area contributed by atoms with Crippen LogP contribution in [0.4, 0.5) is 5.82 Å². The molecule has 1 saturated heterocycles. The topological polar surface area (TPSA) is 58.4 Å². The number of nitrogens with one attached hydrogen (secondary N) is 1. The van der Waals surface area contributed by atoms with E-state index in [1.807, 2.05) is 18.2 Å². The van der Waals surface area contributed by atoms with Gasteiger partial charge in [-0.25, -0.2) is 0 Å². The molecule has 1 aromatic heterocycles. The van der Waals surface area contributed by atoms with E-state index in [2.05, 4.69) is 27.5 Å². The van der Waals surface area contributed by atoms with Gasteiger partial charge in [0.1, 0.15) is 5.76 Å². The second-order valence-electron chi connectivity index (χ2n) is 5.41. The summed E-state index contributed by atoms with van der Waals surface area (Å²) in [6, 6.07) is 12.4. The van der Waals surface area contributed by atoms with Gasteiger partial charge in [0.05, 0.1) is 6.54 Å². The number of nitrogens with zero attached hydrogens (tertiary/aromatic N) is 2. The highest BCUT2D eigenvalue weighted by Gasteiger charge is 2.27. The second-order valence-corrected chi connectivity index (χ2v) is 5.41. The van der Waals surface area contributed by atoms with E-state index in [1.165, 1.54) is 5.56 Å². The molecule has 110 valence electrons. The van der Waals surface area contributed by atoms with Gasteiger partial charge >= 0.3 is 0 Å². The minimum atomic E-state index is -0.0499. The van der Waals surface area contributed by atoms with Crippen LogP contribution in [0.3, 0.4) is 0 Å². The number of carbonyl (C=O) groups excluding carboxylic acids is 1. The molecule has 0 aliphatic carbocycles. The molecule has 1 atom stereocenters. The molecule has 0 bridgehead atoms. The Morgan fingerprint density at radius 1 is 1.43 bits per heavy atom. The summed E-state index contributed by atoms with van der Waals surface area (Å²) < 4.78 is 4.95. The van der Waals surface area contributed by atoms with Crippen LogP contribution in [0, 0.1) is 6.92 Å². The van der Waals surface area contributed by atoms with Crippen molar-refractivity contribution in [1.82, 2.24) is 10.1 Å². The second kappa shape index (κ2) is 6.10. The average Bonchev–Trinajstić information content (AvgIpc) is 3.09. The van der Waals surface area contributed by atoms with Crippen molar-refractivity contribution in [3.05, 3.63) is 47.7 Å². The summed E-state index contributed by atoms with van der Waals surface area (Å²) in [5.74, 6) is 1.12. The Kier molecular flexibility index (Phi) is 4.01. The number of carbonyl (C=O) groups is 1. The molecule has 1 aliphatic heterocycles. The lowest BCUT2D eigenvalue weighted by Crippen LogP contribution is -2.33. The molecule has 2 heterocycles. The number of rotatable bonds is 4. The smallest absolute Gasteiger partial charge is 0.239 e. The van der Waals surface area contributed by atoms with Gasteiger partial charge in [-0.15, -0.1) is 0 Å². The molecule has 21 heavy (non-hydrogen) atoms. The maximum atomic E-state index is 12.1. The van der Waals surface area contributed by atoms with Crippen LogP contribution in [0.15, 0.2) is 40.9 Å². The summed E-state index contributed by atoms with van der Waals surface area (Å²) in [7, 11) is 0. The number of amides is 1. The molecule has 1 aromatic carbocycles. The summed E-state index contributed by atoms with van der Waals surface area (Å²) in [6.07, 6.45) is 2.22. The summed E-state index contributed by atoms with van der Waals surface area (Å²) in [5, 5.41) is 6.56. The molecular formula is C16H19N3O2. The van der Waals surface area contributed by atoms with E-state index in [0.717, 1.165) is 19.4 Å². The summed E-state index contributed by atoms with van der Waals surface area (Å²) in [4.78, 5) is 14.3. The van der Waals surface area contributed by atoms with Gasteiger partial charge in [0, 0.05) is 12.1 Å². The average molecular weight is 285 g/mol. The number of anilines is 1. The number of aromatic nitrogens is 1. The molecule has 0 spiro atoms. The van der Waals surface area contributed by atoms with Crippen molar-refractivity contribution in [2.75, 3.05) is 18.4 Å². The molecular weight excluding hydrogens is 266 g/mol. The van der Waals surface area contributed by atoms with Crippen LogP contribution in [0.25, 0.3) is 0 Å². The standard InChI is InChI=1S/C16H19N3O2/c1-12-10-15(18-21-12)17-16(20)11-19-9-5-8-14(19)13-6-3-2-4-7-13/h2-4,6-7,10,14H,5,8-9,11H2,1H3,(H,17,18,20)/t14-/m1/s1. The fourth-order valence-corrected chi connectivity index (χ4v) is 2.86. The number of hydrogen-bond donors (Lipinski definition) is 1. The van der Waals surface area contributed by atoms with E-state index >= 15 is 0 Å². The number of aryl methyl sites for hydroxylation is 1. The van der Waals surface area contributed by atoms with Crippen molar-refractivity contribution in [2.45, 2.75) is 25.8 Å². The predicted molar refractivity (Wildman–Crippen MR) is 79.9 cm³/mol. The van der Waals surface area contributed by atoms with E-state index in [4.69, 9.17) is 4.52 Å². The molecule has 0 unspecified atom stereocenters. The van der Waals surface area contributed by atoms with E-state index in [-0.39, 0.29) is 5.91 Å². The Labute approximate surface area is 123 Å². The lowest BCUT2D eigenvalue weighted by atomic mass is 10.0. The normalized spacial score (nSPS) is 18.8. The van der Waals surface area contributed by atoms with Crippen molar-refractivity contribution >= 4 is 11.7 Å². The molecule has 1 fully saturated rings. The molecule has 5 nitrogen and oxygen atoms in total. The first kappa shape index (κ1) is 13.8. The van der Waals surface area contributed by atoms with Crippen LogP contribution in [-0.2, 0) is 4.79 Å². The van der Waals surface area contributed by atoms with Crippen molar-refractivity contribution in [1.29, 1.82) is 0 Å². The molecule has 1 amide bonds. The highest BCUT2D eigenvalue weighted by Crippen LogP contribution is 2.31. The quantitative estimate of drug-likeness (QED) is 0.938. The Hall–Kier alpha value is -2.14. The first-order valence-corrected chi connectivity index (χ1v) is 7.24. The maximum Gasteiger partial charge on any atom is 0.239 e. The number of likely N-dealkylation sites (tertiary alicyclic amines) is 1. The van der Waals surface area contributed by atoms with Gasteiger partial charge in [0.2, 0.25) is 5.91 Å². The Balaban J connectivity index is 1.62. The fraction of sp³-hybridized carbons (Fsp3) is 0.375. The monoisotopic (exact) mass is 285 g/mol. The zero-order valence-corrected chi connectivity index (χ0v) is 12.1. The molecule has 3 rings (SSSR count). The van der Waals surface area contributed by atoms with Crippen LogP contribution in [0.1, 0.15) is 30.2 Å². The molecule has 1 aliphatic rings. The molecule has 1 N–H and O–H groups in total. The van der Waals surface area contributed by atoms with Gasteiger partial charge in [-0.3, -0.25) is 9.69 Å². The largest absolute Gasteiger partial charge is 0.360 e. The Morgan fingerprint density at radius 3 is 2.95 bits per heavy atom. The first-order valence-electron chi connectivity index (χ1n) is 7.24. The first-order chi connectivity index (χ1) is 10.2. The van der Waals surface area contributed by atoms with Crippen molar-refractivity contribution in [3.8, 4) is 0 Å². The van der Waals surface area contributed by atoms with Gasteiger partial charge in [0.25, 0.3) is 0 Å². The number of hydrogen-bond acceptors (Lipinski definition) is 4. The van der Waals surface area contributed by atoms with Gasteiger partial charge in [0.15, 0.2) is 5.82 Å². The van der Waals surface area contributed by atoms with Gasteiger partial charge < -0.3 is 9.84 Å². The van der Waals surface area contributed by atoms with Gasteiger partial charge in [-0.2, -0.15) is 0 Å². The highest BCUT2D eigenvalue weighted by molar-refractivity contribution is 5.91. The lowest BCUT2D eigenvalue weighted by molar-refractivity contribution is -0.117. The van der Waals surface area contributed by atoms with Crippen LogP contribution in [0.5, 0.6) is 0 Å². The molecule has 0 saturated carbocycles. The van der Waals surface area contributed by atoms with Crippen molar-refractivity contribution < 1.29 is 9.32 Å². The van der Waals surface area contributed by atoms with Crippen LogP contribution < -0.4 is 5.32 Å². The van der Waals surface area contributed by atoms with Crippen LogP contribution >= 0.6 is 0 Å². The lowest BCUT2D eigenvalue weighted by Gasteiger charge is -2.23. The van der Waals surface area contributed by atoms with Gasteiger partial charge in [-0.05, 0) is 31.9 Å². The van der Waals surface area contributed by atoms with E-state index in [0.29, 0.717) is 24.2 Å². The third-order valence-corrected chi connectivity index (χ3v) is 3.79. The number of benzene rings is 1. The van der Waals surface area contributed by atoms with Crippen molar-refractivity contribution in [3.63, 3.8) is 0 Å². The highest BCUT2D eigenvalue weighted by atomic mass is 16.5. The summed E-state index contributed by atoms with van der Waals surface area (Å²) in [6.45, 7) is 3.13. The van der Waals surface area contributed by atoms with Crippen molar-refractivity contribution in [2.24, 2.45) is 0 Å². The minimum absolute atomic E-state index is 0.0499. The molecule has 5 heteroatoms. The van der Waals surface area contributed by atoms with Crippen LogP contribution in [0.2, 0.25) is 0 Å². The Bertz CT molecular complexity index is 609. The Morgan fingerprint density at radius 2 is 2.24 bits per heavy atom. The fourth-order valence-electron chi connectivity index (χ4n) is 2.86. The van der Waals surface area contributed by atoms with E-state index in [9.17, 15) is 4.79 Å². The third kappa shape index (κ3) is 3.31. The third-order valence-electron chi connectivity index (χ3n) is 3.79. The maximum absolute atomic E-state index is 12.1. The van der Waals surface area contributed by atoms with E-state index < -0.39 is 0 Å². The predicted octanol–water partition coefficient (Wildman–Crippen LogP) is 2.76. The van der Waals surface area contributed by atoms with E-state index in [1.54, 1.807) is 13.0 Å². The zero-order chi connectivity index (χ0) is 14.7. The van der Waals surface area contributed by atoms with Gasteiger partial charge in [-0.1, -0.05) is 35.5 Å². The van der Waals surface area contributed by atoms with Crippen LogP contribution in [-0.4, -0.2) is 29.1 Å². The molecule has 2 aromatic rings. The minimum Gasteiger partial charge on any atom is -0.360 e. The zero-order valence-electron chi connectivity index (χ0n) is 12.1.